The van der Waals surface area contributed by atoms with Crippen molar-refractivity contribution in [1.82, 2.24) is 9.55 Å². The number of rotatable bonds is 4. The van der Waals surface area contributed by atoms with Crippen molar-refractivity contribution in [3.8, 4) is 0 Å². The van der Waals surface area contributed by atoms with Crippen molar-refractivity contribution in [2.75, 3.05) is 20.8 Å². The summed E-state index contributed by atoms with van der Waals surface area (Å²) in [4.78, 5) is 13.9. The molecule has 1 N–H and O–H groups in total. The molecule has 2 rings (SSSR count). The molecule has 0 amide bonds. The molecule has 1 aliphatic heterocycles. The third-order valence-corrected chi connectivity index (χ3v) is 3.27. The Hall–Kier alpha value is -1.67. The first-order chi connectivity index (χ1) is 9.49. The fourth-order valence-electron chi connectivity index (χ4n) is 1.98. The summed E-state index contributed by atoms with van der Waals surface area (Å²) in [5, 5.41) is 0. The molecule has 1 aromatic heterocycles. The second-order valence-electron chi connectivity index (χ2n) is 4.31. The van der Waals surface area contributed by atoms with E-state index in [0.29, 0.717) is 5.56 Å². The van der Waals surface area contributed by atoms with Crippen LogP contribution in [0.15, 0.2) is 22.5 Å². The molecule has 8 heteroatoms. The number of aromatic nitrogens is 2. The Kier molecular flexibility index (Phi) is 4.24. The van der Waals surface area contributed by atoms with E-state index in [9.17, 15) is 9.18 Å². The fourth-order valence-corrected chi connectivity index (χ4v) is 2.23. The Morgan fingerprint density at radius 2 is 2.25 bits per heavy atom. The quantitative estimate of drug-likeness (QED) is 0.856. The minimum atomic E-state index is -1.53. The molecule has 2 atom stereocenters. The van der Waals surface area contributed by atoms with Crippen LogP contribution in [0.4, 0.5) is 4.39 Å². The summed E-state index contributed by atoms with van der Waals surface area (Å²) < 4.78 is 31.3. The largest absolute Gasteiger partial charge is 0.494 e. The summed E-state index contributed by atoms with van der Waals surface area (Å²) in [5.41, 5.74) is 0.102. The van der Waals surface area contributed by atoms with Crippen molar-refractivity contribution in [3.05, 3.63) is 38.4 Å². The first-order valence-corrected chi connectivity index (χ1v) is 6.29. The van der Waals surface area contributed by atoms with Gasteiger partial charge in [-0.3, -0.25) is 14.3 Å². The molecule has 0 radical (unpaired) electrons. The van der Waals surface area contributed by atoms with Crippen LogP contribution in [-0.2, 0) is 14.2 Å². The summed E-state index contributed by atoms with van der Waals surface area (Å²) >= 11 is 5.04. The van der Waals surface area contributed by atoms with Gasteiger partial charge in [0.25, 0.3) is 5.56 Å². The lowest BCUT2D eigenvalue weighted by atomic mass is 10.3. The molecule has 20 heavy (non-hydrogen) atoms. The summed E-state index contributed by atoms with van der Waals surface area (Å²) in [6, 6.07) is 0. The summed E-state index contributed by atoms with van der Waals surface area (Å²) in [7, 11) is 2.83. The molecule has 110 valence electrons. The number of nitrogens with one attached hydrogen (secondary N) is 1. The number of halogens is 1. The normalized spacial score (nSPS) is 22.0. The highest BCUT2D eigenvalue weighted by atomic mass is 32.1. The van der Waals surface area contributed by atoms with E-state index < -0.39 is 12.4 Å². The number of nitrogens with zero attached hydrogens (tertiary/aromatic N) is 1. The summed E-state index contributed by atoms with van der Waals surface area (Å²) in [6.45, 7) is 1.70. The van der Waals surface area contributed by atoms with Gasteiger partial charge in [-0.2, -0.15) is 0 Å². The highest BCUT2D eigenvalue weighted by Gasteiger charge is 2.39. The summed E-state index contributed by atoms with van der Waals surface area (Å²) in [5.74, 6) is 0.348. The SMILES string of the molecule is COCC1=C(OC)C(F)[C@H](n2cc(C)c(=O)[nH]c2=S)O1. The third kappa shape index (κ3) is 2.48. The Labute approximate surface area is 119 Å². The number of aryl methyl sites for hydroxylation is 1. The van der Waals surface area contributed by atoms with Gasteiger partial charge in [0.05, 0.1) is 7.11 Å². The minimum absolute atomic E-state index is 0.0719. The van der Waals surface area contributed by atoms with E-state index in [0.717, 1.165) is 0 Å². The number of hydrogen-bond acceptors (Lipinski definition) is 5. The maximum atomic E-state index is 14.4. The van der Waals surface area contributed by atoms with Crippen LogP contribution in [0.5, 0.6) is 0 Å². The van der Waals surface area contributed by atoms with Crippen LogP contribution < -0.4 is 5.56 Å². The van der Waals surface area contributed by atoms with Crippen LogP contribution in [0.3, 0.4) is 0 Å². The van der Waals surface area contributed by atoms with Crippen LogP contribution in [0.25, 0.3) is 0 Å². The highest BCUT2D eigenvalue weighted by molar-refractivity contribution is 7.71. The molecule has 0 spiro atoms. The Morgan fingerprint density at radius 3 is 2.85 bits per heavy atom. The topological polar surface area (TPSA) is 65.5 Å². The zero-order chi connectivity index (χ0) is 14.9. The zero-order valence-electron chi connectivity index (χ0n) is 11.3. The molecule has 0 saturated heterocycles. The predicted molar refractivity (Wildman–Crippen MR) is 71.6 cm³/mol. The van der Waals surface area contributed by atoms with E-state index in [2.05, 4.69) is 4.98 Å². The van der Waals surface area contributed by atoms with Gasteiger partial charge in [0, 0.05) is 18.9 Å². The molecule has 0 aliphatic carbocycles. The molecule has 0 aromatic carbocycles. The van der Waals surface area contributed by atoms with Crippen molar-refractivity contribution in [3.63, 3.8) is 0 Å². The number of hydrogen-bond donors (Lipinski definition) is 1. The van der Waals surface area contributed by atoms with E-state index in [1.807, 2.05) is 0 Å². The summed E-state index contributed by atoms with van der Waals surface area (Å²) in [6.07, 6.45) is -1.08. The van der Waals surface area contributed by atoms with Gasteiger partial charge in [0.1, 0.15) is 6.61 Å². The third-order valence-electron chi connectivity index (χ3n) is 2.95. The average Bonchev–Trinajstić information content (AvgIpc) is 2.71. The lowest BCUT2D eigenvalue weighted by Crippen LogP contribution is -2.24. The van der Waals surface area contributed by atoms with E-state index in [-0.39, 0.29) is 28.5 Å². The number of alkyl halides is 1. The number of ether oxygens (including phenoxy) is 3. The lowest BCUT2D eigenvalue weighted by molar-refractivity contribution is 0.0131. The second kappa shape index (κ2) is 5.76. The minimum Gasteiger partial charge on any atom is -0.494 e. The number of methoxy groups -OCH3 is 2. The molecule has 0 saturated carbocycles. The van der Waals surface area contributed by atoms with Crippen LogP contribution in [-0.4, -0.2) is 36.5 Å². The standard InChI is InChI=1S/C12H15FN2O4S/c1-6-4-15(12(20)14-10(6)16)11-8(13)9(18-3)7(19-11)5-17-2/h4,8,11H,5H2,1-3H3,(H,14,16,20)/t8?,11-/m1/s1. The van der Waals surface area contributed by atoms with Gasteiger partial charge < -0.3 is 14.2 Å². The molecule has 2 heterocycles. The van der Waals surface area contributed by atoms with Gasteiger partial charge in [-0.15, -0.1) is 0 Å². The Balaban J connectivity index is 2.40. The smallest absolute Gasteiger partial charge is 0.254 e. The van der Waals surface area contributed by atoms with Crippen LogP contribution in [0.1, 0.15) is 11.8 Å². The van der Waals surface area contributed by atoms with Gasteiger partial charge in [-0.1, -0.05) is 0 Å². The maximum absolute atomic E-state index is 14.4. The molecule has 1 unspecified atom stereocenters. The monoisotopic (exact) mass is 302 g/mol. The van der Waals surface area contributed by atoms with Crippen molar-refractivity contribution < 1.29 is 18.6 Å². The molecule has 6 nitrogen and oxygen atoms in total. The van der Waals surface area contributed by atoms with Gasteiger partial charge in [0.15, 0.2) is 16.3 Å². The fraction of sp³-hybridized carbons (Fsp3) is 0.500. The lowest BCUT2D eigenvalue weighted by Gasteiger charge is -2.18. The van der Waals surface area contributed by atoms with Gasteiger partial charge in [-0.05, 0) is 19.1 Å². The molecule has 0 bridgehead atoms. The van der Waals surface area contributed by atoms with Crippen molar-refractivity contribution in [2.24, 2.45) is 0 Å². The van der Waals surface area contributed by atoms with Crippen LogP contribution in [0.2, 0.25) is 0 Å². The van der Waals surface area contributed by atoms with E-state index in [4.69, 9.17) is 26.4 Å². The Morgan fingerprint density at radius 1 is 1.55 bits per heavy atom. The maximum Gasteiger partial charge on any atom is 0.254 e. The van der Waals surface area contributed by atoms with Crippen LogP contribution >= 0.6 is 12.2 Å². The zero-order valence-corrected chi connectivity index (χ0v) is 12.1. The molecule has 1 aromatic rings. The first-order valence-electron chi connectivity index (χ1n) is 5.88. The van der Waals surface area contributed by atoms with Crippen molar-refractivity contribution in [1.29, 1.82) is 0 Å². The van der Waals surface area contributed by atoms with E-state index in [1.165, 1.54) is 25.0 Å². The molecular formula is C12H15FN2O4S. The molecule has 1 aliphatic rings. The number of H-pyrrole nitrogens is 1. The van der Waals surface area contributed by atoms with Gasteiger partial charge in [-0.25, -0.2) is 4.39 Å². The van der Waals surface area contributed by atoms with Gasteiger partial charge in [0.2, 0.25) is 12.4 Å². The Bertz CT molecular complexity index is 652. The average molecular weight is 302 g/mol. The first kappa shape index (κ1) is 14.7. The predicted octanol–water partition coefficient (Wildman–Crippen LogP) is 1.59. The molecule has 0 fully saturated rings. The second-order valence-corrected chi connectivity index (χ2v) is 4.70. The van der Waals surface area contributed by atoms with Gasteiger partial charge >= 0.3 is 0 Å². The van der Waals surface area contributed by atoms with Crippen molar-refractivity contribution >= 4 is 12.2 Å². The van der Waals surface area contributed by atoms with E-state index >= 15 is 0 Å². The number of aromatic amines is 1. The molecular weight excluding hydrogens is 287 g/mol. The highest BCUT2D eigenvalue weighted by Crippen LogP contribution is 2.35. The van der Waals surface area contributed by atoms with E-state index in [1.54, 1.807) is 6.92 Å². The van der Waals surface area contributed by atoms with Crippen LogP contribution in [0, 0.1) is 11.7 Å². The van der Waals surface area contributed by atoms with Crippen molar-refractivity contribution in [2.45, 2.75) is 19.3 Å².